The van der Waals surface area contributed by atoms with Gasteiger partial charge < -0.3 is 10.1 Å². The number of hydrogen-bond donors (Lipinski definition) is 1. The quantitative estimate of drug-likeness (QED) is 0.508. The Labute approximate surface area is 129 Å². The predicted octanol–water partition coefficient (Wildman–Crippen LogP) is 1.68. The van der Waals surface area contributed by atoms with E-state index >= 15 is 0 Å². The number of carbonyl (C=O) groups is 2. The number of methoxy groups -OCH3 is 1. The van der Waals surface area contributed by atoms with Gasteiger partial charge in [-0.1, -0.05) is 28.1 Å². The first-order chi connectivity index (χ1) is 9.51. The smallest absolute Gasteiger partial charge is 0.325 e. The molecule has 0 spiro atoms. The Balaban J connectivity index is 2.21. The molecule has 0 aromatic heterocycles. The normalized spacial score (nSPS) is 16.5. The van der Waals surface area contributed by atoms with Crippen molar-refractivity contribution in [3.8, 4) is 0 Å². The van der Waals surface area contributed by atoms with Crippen molar-refractivity contribution in [3.63, 3.8) is 0 Å². The van der Waals surface area contributed by atoms with Gasteiger partial charge in [-0.05, 0) is 36.0 Å². The molecule has 5 nitrogen and oxygen atoms in total. The highest BCUT2D eigenvalue weighted by Crippen LogP contribution is 2.17. The zero-order valence-corrected chi connectivity index (χ0v) is 13.0. The second-order valence-corrected chi connectivity index (χ2v) is 5.31. The number of nitrogens with one attached hydrogen (secondary N) is 1. The highest BCUT2D eigenvalue weighted by molar-refractivity contribution is 9.10. The Hall–Kier alpha value is -1.73. The molecule has 0 saturated carbocycles. The molecule has 0 aliphatic carbocycles. The molecule has 1 aliphatic rings. The topological polar surface area (TPSA) is 58.6 Å². The highest BCUT2D eigenvalue weighted by Gasteiger charge is 2.32. The number of esters is 1. The summed E-state index contributed by atoms with van der Waals surface area (Å²) >= 11 is 8.40. The summed E-state index contributed by atoms with van der Waals surface area (Å²) in [5, 5.41) is 2.99. The van der Waals surface area contributed by atoms with Gasteiger partial charge in [0.2, 0.25) is 0 Å². The summed E-state index contributed by atoms with van der Waals surface area (Å²) in [5.41, 5.74) is 1.18. The maximum Gasteiger partial charge on any atom is 0.325 e. The summed E-state index contributed by atoms with van der Waals surface area (Å²) in [6.45, 7) is -0.197. The summed E-state index contributed by atoms with van der Waals surface area (Å²) in [4.78, 5) is 24.6. The van der Waals surface area contributed by atoms with Gasteiger partial charge in [0.15, 0.2) is 5.11 Å². The molecular weight excluding hydrogens is 344 g/mol. The monoisotopic (exact) mass is 354 g/mol. The van der Waals surface area contributed by atoms with Gasteiger partial charge in [-0.15, -0.1) is 0 Å². The molecule has 1 amide bonds. The molecule has 1 heterocycles. The van der Waals surface area contributed by atoms with Crippen molar-refractivity contribution in [1.29, 1.82) is 0 Å². The second kappa shape index (κ2) is 6.15. The van der Waals surface area contributed by atoms with E-state index in [9.17, 15) is 9.59 Å². The molecule has 0 radical (unpaired) electrons. The molecule has 1 aliphatic heterocycles. The minimum atomic E-state index is -0.522. The van der Waals surface area contributed by atoms with Crippen molar-refractivity contribution < 1.29 is 14.3 Å². The molecule has 20 heavy (non-hydrogen) atoms. The van der Waals surface area contributed by atoms with Crippen molar-refractivity contribution in [2.75, 3.05) is 13.7 Å². The number of ether oxygens (including phenoxy) is 1. The third-order valence-corrected chi connectivity index (χ3v) is 3.45. The number of halogens is 1. The van der Waals surface area contributed by atoms with Crippen LogP contribution in [0.4, 0.5) is 0 Å². The van der Waals surface area contributed by atoms with Crippen LogP contribution < -0.4 is 5.32 Å². The Morgan fingerprint density at radius 3 is 2.95 bits per heavy atom. The van der Waals surface area contributed by atoms with Gasteiger partial charge in [-0.25, -0.2) is 0 Å². The van der Waals surface area contributed by atoms with Crippen LogP contribution in [0.15, 0.2) is 34.4 Å². The van der Waals surface area contributed by atoms with Crippen LogP contribution in [0.5, 0.6) is 0 Å². The predicted molar refractivity (Wildman–Crippen MR) is 81.6 cm³/mol. The molecule has 104 valence electrons. The Bertz CT molecular complexity index is 615. The van der Waals surface area contributed by atoms with E-state index in [4.69, 9.17) is 12.2 Å². The standard InChI is InChI=1S/C13H11BrN2O3S/c1-19-11(17)7-16-12(18)10(15-13(16)20)6-8-3-2-4-9(14)5-8/h2-6H,7H2,1H3,(H,15,20)/b10-6-. The van der Waals surface area contributed by atoms with Gasteiger partial charge in [-0.2, -0.15) is 0 Å². The van der Waals surface area contributed by atoms with Crippen molar-refractivity contribution >= 4 is 51.2 Å². The fourth-order valence-electron chi connectivity index (χ4n) is 1.67. The van der Waals surface area contributed by atoms with Crippen molar-refractivity contribution in [1.82, 2.24) is 10.2 Å². The second-order valence-electron chi connectivity index (χ2n) is 4.01. The first-order valence-corrected chi connectivity index (χ1v) is 6.88. The summed E-state index contributed by atoms with van der Waals surface area (Å²) < 4.78 is 5.44. The fourth-order valence-corrected chi connectivity index (χ4v) is 2.35. The first-order valence-electron chi connectivity index (χ1n) is 5.68. The first kappa shape index (κ1) is 14.7. The van der Waals surface area contributed by atoms with E-state index in [0.717, 1.165) is 10.0 Å². The third kappa shape index (κ3) is 3.23. The van der Waals surface area contributed by atoms with Crippen LogP contribution in [0.25, 0.3) is 6.08 Å². The van der Waals surface area contributed by atoms with E-state index < -0.39 is 5.97 Å². The summed E-state index contributed by atoms with van der Waals surface area (Å²) in [5.74, 6) is -0.869. The van der Waals surface area contributed by atoms with Gasteiger partial charge in [0, 0.05) is 4.47 Å². The largest absolute Gasteiger partial charge is 0.468 e. The van der Waals surface area contributed by atoms with E-state index in [0.29, 0.717) is 5.70 Å². The lowest BCUT2D eigenvalue weighted by atomic mass is 10.2. The molecule has 1 fully saturated rings. The number of thiocarbonyl (C=S) groups is 1. The molecule has 2 rings (SSSR count). The molecule has 0 unspecified atom stereocenters. The number of benzene rings is 1. The summed E-state index contributed by atoms with van der Waals surface area (Å²) in [7, 11) is 1.26. The van der Waals surface area contributed by atoms with E-state index in [1.54, 1.807) is 6.08 Å². The van der Waals surface area contributed by atoms with Gasteiger partial charge in [-0.3, -0.25) is 14.5 Å². The molecule has 1 N–H and O–H groups in total. The lowest BCUT2D eigenvalue weighted by Crippen LogP contribution is -2.35. The molecule has 1 saturated heterocycles. The Morgan fingerprint density at radius 2 is 2.30 bits per heavy atom. The van der Waals surface area contributed by atoms with Crippen molar-refractivity contribution in [2.24, 2.45) is 0 Å². The van der Waals surface area contributed by atoms with E-state index in [1.807, 2.05) is 24.3 Å². The van der Waals surface area contributed by atoms with E-state index in [1.165, 1.54) is 12.0 Å². The van der Waals surface area contributed by atoms with Crippen molar-refractivity contribution in [3.05, 3.63) is 40.0 Å². The van der Waals surface area contributed by atoms with Gasteiger partial charge >= 0.3 is 5.97 Å². The minimum Gasteiger partial charge on any atom is -0.468 e. The van der Waals surface area contributed by atoms with E-state index in [2.05, 4.69) is 26.0 Å². The zero-order chi connectivity index (χ0) is 14.7. The Kier molecular flexibility index (Phi) is 4.51. The molecular formula is C13H11BrN2O3S. The highest BCUT2D eigenvalue weighted by atomic mass is 79.9. The lowest BCUT2D eigenvalue weighted by molar-refractivity contribution is -0.143. The average Bonchev–Trinajstić information content (AvgIpc) is 2.66. The van der Waals surface area contributed by atoms with Crippen LogP contribution in [0, 0.1) is 0 Å². The average molecular weight is 355 g/mol. The van der Waals surface area contributed by atoms with Crippen molar-refractivity contribution in [2.45, 2.75) is 0 Å². The molecule has 1 aromatic carbocycles. The number of hydrogen-bond acceptors (Lipinski definition) is 4. The number of carbonyl (C=O) groups excluding carboxylic acids is 2. The van der Waals surface area contributed by atoms with Crippen LogP contribution in [0.2, 0.25) is 0 Å². The maximum absolute atomic E-state index is 12.1. The summed E-state index contributed by atoms with van der Waals surface area (Å²) in [6, 6.07) is 7.48. The number of nitrogens with zero attached hydrogens (tertiary/aromatic N) is 1. The van der Waals surface area contributed by atoms with Gasteiger partial charge in [0.05, 0.1) is 7.11 Å². The third-order valence-electron chi connectivity index (χ3n) is 2.64. The molecule has 7 heteroatoms. The van der Waals surface area contributed by atoms with Crippen LogP contribution >= 0.6 is 28.1 Å². The number of amides is 1. The van der Waals surface area contributed by atoms with Crippen LogP contribution in [0.1, 0.15) is 5.56 Å². The maximum atomic E-state index is 12.1. The van der Waals surface area contributed by atoms with Crippen LogP contribution in [-0.4, -0.2) is 35.5 Å². The molecule has 0 atom stereocenters. The fraction of sp³-hybridized carbons (Fsp3) is 0.154. The molecule has 1 aromatic rings. The van der Waals surface area contributed by atoms with Crippen LogP contribution in [-0.2, 0) is 14.3 Å². The SMILES string of the molecule is COC(=O)CN1C(=O)/C(=C/c2cccc(Br)c2)NC1=S. The number of rotatable bonds is 3. The van der Waals surface area contributed by atoms with Crippen LogP contribution in [0.3, 0.4) is 0 Å². The minimum absolute atomic E-state index is 0.196. The zero-order valence-electron chi connectivity index (χ0n) is 10.6. The lowest BCUT2D eigenvalue weighted by Gasteiger charge is -2.11. The van der Waals surface area contributed by atoms with Gasteiger partial charge in [0.25, 0.3) is 5.91 Å². The van der Waals surface area contributed by atoms with E-state index in [-0.39, 0.29) is 17.6 Å². The van der Waals surface area contributed by atoms with Gasteiger partial charge in [0.1, 0.15) is 12.2 Å². The Morgan fingerprint density at radius 1 is 1.55 bits per heavy atom. The summed E-state index contributed by atoms with van der Waals surface area (Å²) in [6.07, 6.45) is 1.68. The molecule has 0 bridgehead atoms.